The molecule has 168 valence electrons. The van der Waals surface area contributed by atoms with E-state index in [1.807, 2.05) is 19.0 Å². The summed E-state index contributed by atoms with van der Waals surface area (Å²) in [5, 5.41) is 5.67. The second-order valence-corrected chi connectivity index (χ2v) is 8.75. The molecule has 0 bridgehead atoms. The third-order valence-corrected chi connectivity index (χ3v) is 5.73. The summed E-state index contributed by atoms with van der Waals surface area (Å²) in [7, 11) is 3.93. The van der Waals surface area contributed by atoms with Gasteiger partial charge in [-0.2, -0.15) is 0 Å². The molecule has 0 aliphatic rings. The second-order valence-electron chi connectivity index (χ2n) is 7.47. The topological polar surface area (TPSA) is 65.5 Å². The van der Waals surface area contributed by atoms with E-state index in [1.165, 1.54) is 35.6 Å². The molecule has 3 aromatic rings. The highest BCUT2D eigenvalue weighted by atomic mass is 35.5. The number of amides is 2. The normalized spacial score (nSPS) is 10.9. The van der Waals surface area contributed by atoms with Crippen LogP contribution in [-0.2, 0) is 11.2 Å². The molecule has 1 N–H and O–H groups in total. The number of carbonyl (C=O) groups excluding carboxylic acids is 2. The Morgan fingerprint density at radius 3 is 2.41 bits per heavy atom. The maximum absolute atomic E-state index is 13.3. The van der Waals surface area contributed by atoms with Crippen molar-refractivity contribution < 1.29 is 14.0 Å². The zero-order chi connectivity index (χ0) is 23.1. The van der Waals surface area contributed by atoms with Crippen molar-refractivity contribution >= 4 is 45.6 Å². The second kappa shape index (κ2) is 11.2. The monoisotopic (exact) mass is 474 g/mol. The van der Waals surface area contributed by atoms with Crippen LogP contribution < -0.4 is 10.2 Å². The van der Waals surface area contributed by atoms with E-state index in [0.717, 1.165) is 13.0 Å². The van der Waals surface area contributed by atoms with Crippen LogP contribution in [0, 0.1) is 5.82 Å². The number of hydrogen-bond acceptors (Lipinski definition) is 5. The van der Waals surface area contributed by atoms with Gasteiger partial charge in [-0.05, 0) is 75.6 Å². The lowest BCUT2D eigenvalue weighted by Gasteiger charge is -2.21. The van der Waals surface area contributed by atoms with Gasteiger partial charge in [0.15, 0.2) is 5.13 Å². The fourth-order valence-corrected chi connectivity index (χ4v) is 3.96. The molecule has 0 saturated heterocycles. The van der Waals surface area contributed by atoms with Crippen LogP contribution in [0.5, 0.6) is 0 Å². The van der Waals surface area contributed by atoms with E-state index in [0.29, 0.717) is 33.6 Å². The lowest BCUT2D eigenvalue weighted by molar-refractivity contribution is -0.115. The summed E-state index contributed by atoms with van der Waals surface area (Å²) in [5.41, 5.74) is 1.60. The molecule has 2 aromatic carbocycles. The summed E-state index contributed by atoms with van der Waals surface area (Å²) in [4.78, 5) is 33.6. The van der Waals surface area contributed by atoms with Gasteiger partial charge in [0.05, 0.1) is 12.1 Å². The first-order valence-corrected chi connectivity index (χ1v) is 11.3. The molecule has 1 heterocycles. The maximum atomic E-state index is 13.3. The number of hydrogen-bond donors (Lipinski definition) is 1. The summed E-state index contributed by atoms with van der Waals surface area (Å²) < 4.78 is 13.3. The lowest BCUT2D eigenvalue weighted by Crippen LogP contribution is -2.33. The van der Waals surface area contributed by atoms with Gasteiger partial charge < -0.3 is 10.2 Å². The van der Waals surface area contributed by atoms with Gasteiger partial charge >= 0.3 is 0 Å². The highest BCUT2D eigenvalue weighted by molar-refractivity contribution is 7.14. The Labute approximate surface area is 195 Å². The third-order valence-electron chi connectivity index (χ3n) is 4.56. The predicted octanol–water partition coefficient (Wildman–Crippen LogP) is 4.72. The fraction of sp³-hybridized carbons (Fsp3) is 0.261. The summed E-state index contributed by atoms with van der Waals surface area (Å²) in [6, 6.07) is 12.3. The molecule has 0 unspecified atom stereocenters. The van der Waals surface area contributed by atoms with Gasteiger partial charge in [-0.25, -0.2) is 9.37 Å². The number of rotatable bonds is 9. The molecule has 3 rings (SSSR count). The molecular weight excluding hydrogens is 451 g/mol. The molecule has 32 heavy (non-hydrogen) atoms. The Hall–Kier alpha value is -2.81. The van der Waals surface area contributed by atoms with Crippen LogP contribution in [0.15, 0.2) is 53.9 Å². The molecule has 0 spiro atoms. The number of carbonyl (C=O) groups is 2. The van der Waals surface area contributed by atoms with Crippen LogP contribution in [0.1, 0.15) is 22.5 Å². The minimum absolute atomic E-state index is 0.0788. The zero-order valence-corrected chi connectivity index (χ0v) is 19.4. The summed E-state index contributed by atoms with van der Waals surface area (Å²) in [6.07, 6.45) is 0.821. The van der Waals surface area contributed by atoms with E-state index in [-0.39, 0.29) is 18.2 Å². The highest BCUT2D eigenvalue weighted by Crippen LogP contribution is 2.24. The quantitative estimate of drug-likeness (QED) is 0.487. The SMILES string of the molecule is CN(C)CCCN(C(=O)c1ccc(F)cc1)c1nc(CC(=O)Nc2ccc(Cl)cc2)cs1. The fourth-order valence-electron chi connectivity index (χ4n) is 2.98. The Morgan fingerprint density at radius 2 is 1.75 bits per heavy atom. The summed E-state index contributed by atoms with van der Waals surface area (Å²) >= 11 is 7.17. The van der Waals surface area contributed by atoms with Gasteiger partial charge in [0.2, 0.25) is 5.91 Å². The minimum atomic E-state index is -0.399. The third kappa shape index (κ3) is 6.85. The highest BCUT2D eigenvalue weighted by Gasteiger charge is 2.21. The largest absolute Gasteiger partial charge is 0.326 e. The number of nitrogens with one attached hydrogen (secondary N) is 1. The molecule has 0 aliphatic heterocycles. The average molecular weight is 475 g/mol. The van der Waals surface area contributed by atoms with E-state index >= 15 is 0 Å². The zero-order valence-electron chi connectivity index (χ0n) is 17.8. The smallest absolute Gasteiger partial charge is 0.260 e. The Balaban J connectivity index is 1.72. The van der Waals surface area contributed by atoms with Gasteiger partial charge in [-0.1, -0.05) is 11.6 Å². The van der Waals surface area contributed by atoms with Crippen molar-refractivity contribution in [2.75, 3.05) is 37.4 Å². The summed E-state index contributed by atoms with van der Waals surface area (Å²) in [5.74, 6) is -0.868. The first kappa shape index (κ1) is 23.8. The molecule has 6 nitrogen and oxygen atoms in total. The van der Waals surface area contributed by atoms with E-state index in [4.69, 9.17) is 11.6 Å². The average Bonchev–Trinajstić information content (AvgIpc) is 3.20. The van der Waals surface area contributed by atoms with Crippen LogP contribution in [0.2, 0.25) is 5.02 Å². The number of aromatic nitrogens is 1. The Morgan fingerprint density at radius 1 is 1.06 bits per heavy atom. The molecule has 0 fully saturated rings. The van der Waals surface area contributed by atoms with Crippen molar-refractivity contribution in [2.45, 2.75) is 12.8 Å². The van der Waals surface area contributed by atoms with E-state index in [2.05, 4.69) is 10.3 Å². The Kier molecular flexibility index (Phi) is 8.33. The van der Waals surface area contributed by atoms with Crippen LogP contribution in [0.25, 0.3) is 0 Å². The van der Waals surface area contributed by atoms with Crippen molar-refractivity contribution in [1.82, 2.24) is 9.88 Å². The first-order valence-electron chi connectivity index (χ1n) is 10.0. The molecular formula is C23H24ClFN4O2S. The summed E-state index contributed by atoms with van der Waals surface area (Å²) in [6.45, 7) is 1.26. The van der Waals surface area contributed by atoms with Crippen molar-refractivity contribution in [1.29, 1.82) is 0 Å². The number of anilines is 2. The number of nitrogens with zero attached hydrogens (tertiary/aromatic N) is 3. The van der Waals surface area contributed by atoms with E-state index in [1.54, 1.807) is 34.5 Å². The van der Waals surface area contributed by atoms with E-state index in [9.17, 15) is 14.0 Å². The van der Waals surface area contributed by atoms with E-state index < -0.39 is 5.82 Å². The Bertz CT molecular complexity index is 1050. The molecule has 2 amide bonds. The van der Waals surface area contributed by atoms with Crippen molar-refractivity contribution in [2.24, 2.45) is 0 Å². The number of benzene rings is 2. The lowest BCUT2D eigenvalue weighted by atomic mass is 10.2. The molecule has 1 aromatic heterocycles. The van der Waals surface area contributed by atoms with Crippen molar-refractivity contribution in [3.05, 3.63) is 76.0 Å². The van der Waals surface area contributed by atoms with Gasteiger partial charge in [-0.3, -0.25) is 14.5 Å². The maximum Gasteiger partial charge on any atom is 0.260 e. The molecule has 9 heteroatoms. The van der Waals surface area contributed by atoms with Crippen molar-refractivity contribution in [3.8, 4) is 0 Å². The number of thiazole rings is 1. The molecule has 0 aliphatic carbocycles. The van der Waals surface area contributed by atoms with Crippen LogP contribution >= 0.6 is 22.9 Å². The molecule has 0 atom stereocenters. The molecule has 0 radical (unpaired) electrons. The first-order chi connectivity index (χ1) is 15.3. The number of halogens is 2. The van der Waals surface area contributed by atoms with Gasteiger partial charge in [0.25, 0.3) is 5.91 Å². The van der Waals surface area contributed by atoms with Gasteiger partial charge in [0.1, 0.15) is 5.82 Å². The van der Waals surface area contributed by atoms with Gasteiger partial charge in [-0.15, -0.1) is 11.3 Å². The van der Waals surface area contributed by atoms with Crippen LogP contribution in [0.3, 0.4) is 0 Å². The standard InChI is InChI=1S/C23H24ClFN4O2S/c1-28(2)12-3-13-29(22(31)16-4-8-18(25)9-5-16)23-27-20(15-32-23)14-21(30)26-19-10-6-17(24)7-11-19/h4-11,15H,3,12-14H2,1-2H3,(H,26,30). The molecule has 0 saturated carbocycles. The van der Waals surface area contributed by atoms with Gasteiger partial charge in [0, 0.05) is 28.2 Å². The van der Waals surface area contributed by atoms with Crippen molar-refractivity contribution in [3.63, 3.8) is 0 Å². The predicted molar refractivity (Wildman–Crippen MR) is 127 cm³/mol. The van der Waals surface area contributed by atoms with Crippen LogP contribution in [-0.4, -0.2) is 48.9 Å². The van der Waals surface area contributed by atoms with Crippen LogP contribution in [0.4, 0.5) is 15.2 Å². The minimum Gasteiger partial charge on any atom is -0.326 e.